The molecule has 1 aromatic heterocycles. The van der Waals surface area contributed by atoms with Gasteiger partial charge in [0, 0.05) is 32.0 Å². The Morgan fingerprint density at radius 2 is 1.72 bits per heavy atom. The minimum absolute atomic E-state index is 0.182. The monoisotopic (exact) mass is 484 g/mol. The van der Waals surface area contributed by atoms with Crippen molar-refractivity contribution >= 4 is 55.9 Å². The maximum atomic E-state index is 13.1. The summed E-state index contributed by atoms with van der Waals surface area (Å²) in [5.41, 5.74) is 3.67. The third kappa shape index (κ3) is 4.45. The van der Waals surface area contributed by atoms with Gasteiger partial charge in [-0.2, -0.15) is 0 Å². The van der Waals surface area contributed by atoms with E-state index < -0.39 is 0 Å². The van der Waals surface area contributed by atoms with Gasteiger partial charge in [0.15, 0.2) is 0 Å². The minimum Gasteiger partial charge on any atom is -0.348 e. The quantitative estimate of drug-likeness (QED) is 0.341. The van der Waals surface area contributed by atoms with E-state index in [4.69, 9.17) is 28.2 Å². The van der Waals surface area contributed by atoms with E-state index in [1.807, 2.05) is 54.6 Å². The number of carbonyl (C=O) groups excluding carboxylic acids is 1. The highest BCUT2D eigenvalue weighted by atomic mass is 79.9. The van der Waals surface area contributed by atoms with Crippen LogP contribution in [0.5, 0.6) is 0 Å². The zero-order chi connectivity index (χ0) is 20.4. The van der Waals surface area contributed by atoms with Gasteiger partial charge >= 0.3 is 0 Å². The highest BCUT2D eigenvalue weighted by Gasteiger charge is 2.15. The number of hydrogen-bond acceptors (Lipinski definition) is 2. The average molecular weight is 486 g/mol. The first-order valence-corrected chi connectivity index (χ1v) is 10.4. The lowest BCUT2D eigenvalue weighted by Gasteiger charge is -2.12. The molecule has 144 valence electrons. The molecule has 1 N–H and O–H groups in total. The Bertz CT molecular complexity index is 1210. The van der Waals surface area contributed by atoms with Gasteiger partial charge in [0.1, 0.15) is 0 Å². The number of nitrogens with one attached hydrogen (secondary N) is 1. The lowest BCUT2D eigenvalue weighted by molar-refractivity contribution is 0.0952. The molecule has 0 unspecified atom stereocenters. The molecule has 1 heterocycles. The van der Waals surface area contributed by atoms with Crippen LogP contribution in [-0.4, -0.2) is 10.9 Å². The van der Waals surface area contributed by atoms with Crippen LogP contribution in [0.3, 0.4) is 0 Å². The van der Waals surface area contributed by atoms with Gasteiger partial charge in [-0.1, -0.05) is 69.5 Å². The molecule has 0 aliphatic carbocycles. The van der Waals surface area contributed by atoms with E-state index in [1.54, 1.807) is 18.2 Å². The first-order valence-electron chi connectivity index (χ1n) is 8.89. The standard InChI is InChI=1S/C23H15BrCl2N2O/c24-15-7-10-21-18(11-15)19(12-22(28-21)17-3-1-2-4-20(17)26)23(29)27-13-14-5-8-16(25)9-6-14/h1-12H,13H2,(H,27,29). The molecule has 0 aliphatic heterocycles. The summed E-state index contributed by atoms with van der Waals surface area (Å²) in [7, 11) is 0. The van der Waals surface area contributed by atoms with Crippen LogP contribution in [0.25, 0.3) is 22.2 Å². The summed E-state index contributed by atoms with van der Waals surface area (Å²) in [5.74, 6) is -0.182. The van der Waals surface area contributed by atoms with Crippen LogP contribution >= 0.6 is 39.1 Å². The average Bonchev–Trinajstić information content (AvgIpc) is 2.73. The molecule has 1 amide bonds. The Hall–Kier alpha value is -2.40. The van der Waals surface area contributed by atoms with Gasteiger partial charge in [0.25, 0.3) is 5.91 Å². The summed E-state index contributed by atoms with van der Waals surface area (Å²) >= 11 is 15.8. The van der Waals surface area contributed by atoms with Crippen molar-refractivity contribution in [1.29, 1.82) is 0 Å². The van der Waals surface area contributed by atoms with Crippen molar-refractivity contribution < 1.29 is 4.79 Å². The van der Waals surface area contributed by atoms with Gasteiger partial charge in [-0.05, 0) is 48.0 Å². The fourth-order valence-electron chi connectivity index (χ4n) is 3.07. The predicted octanol–water partition coefficient (Wildman–Crippen LogP) is 6.90. The second-order valence-electron chi connectivity index (χ2n) is 6.51. The van der Waals surface area contributed by atoms with E-state index in [0.29, 0.717) is 27.8 Å². The second-order valence-corrected chi connectivity index (χ2v) is 8.26. The summed E-state index contributed by atoms with van der Waals surface area (Å²) in [6, 6.07) is 22.3. The topological polar surface area (TPSA) is 42.0 Å². The molecule has 6 heteroatoms. The molecule has 0 spiro atoms. The zero-order valence-corrected chi connectivity index (χ0v) is 18.2. The van der Waals surface area contributed by atoms with Crippen molar-refractivity contribution in [2.24, 2.45) is 0 Å². The minimum atomic E-state index is -0.182. The van der Waals surface area contributed by atoms with Gasteiger partial charge in [0.05, 0.1) is 16.8 Å². The molecular weight excluding hydrogens is 471 g/mol. The van der Waals surface area contributed by atoms with Gasteiger partial charge in [-0.25, -0.2) is 4.98 Å². The molecule has 0 radical (unpaired) electrons. The highest BCUT2D eigenvalue weighted by Crippen LogP contribution is 2.31. The molecule has 0 bridgehead atoms. The van der Waals surface area contributed by atoms with E-state index in [-0.39, 0.29) is 5.91 Å². The number of carbonyl (C=O) groups is 1. The van der Waals surface area contributed by atoms with Crippen molar-refractivity contribution in [2.45, 2.75) is 6.54 Å². The van der Waals surface area contributed by atoms with E-state index in [1.165, 1.54) is 0 Å². The summed E-state index contributed by atoms with van der Waals surface area (Å²) in [6.45, 7) is 0.398. The molecule has 29 heavy (non-hydrogen) atoms. The van der Waals surface area contributed by atoms with Crippen LogP contribution in [0.2, 0.25) is 10.0 Å². The number of hydrogen-bond donors (Lipinski definition) is 1. The van der Waals surface area contributed by atoms with Crippen LogP contribution in [0, 0.1) is 0 Å². The van der Waals surface area contributed by atoms with Crippen LogP contribution in [0.15, 0.2) is 77.3 Å². The number of benzene rings is 3. The molecule has 0 saturated carbocycles. The molecule has 0 fully saturated rings. The maximum absolute atomic E-state index is 13.1. The molecule has 0 saturated heterocycles. The molecule has 4 aromatic rings. The Morgan fingerprint density at radius 3 is 2.48 bits per heavy atom. The third-order valence-electron chi connectivity index (χ3n) is 4.53. The van der Waals surface area contributed by atoms with E-state index in [9.17, 15) is 4.79 Å². The van der Waals surface area contributed by atoms with Crippen LogP contribution < -0.4 is 5.32 Å². The van der Waals surface area contributed by atoms with Crippen LogP contribution in [0.1, 0.15) is 15.9 Å². The predicted molar refractivity (Wildman–Crippen MR) is 123 cm³/mol. The summed E-state index contributed by atoms with van der Waals surface area (Å²) in [5, 5.41) is 5.00. The van der Waals surface area contributed by atoms with E-state index >= 15 is 0 Å². The van der Waals surface area contributed by atoms with Crippen LogP contribution in [-0.2, 0) is 6.54 Å². The number of nitrogens with zero attached hydrogens (tertiary/aromatic N) is 1. The first kappa shape index (κ1) is 19.9. The van der Waals surface area contributed by atoms with Gasteiger partial charge in [0.2, 0.25) is 0 Å². The zero-order valence-electron chi connectivity index (χ0n) is 15.1. The van der Waals surface area contributed by atoms with E-state index in [2.05, 4.69) is 21.2 Å². The SMILES string of the molecule is O=C(NCc1ccc(Cl)cc1)c1cc(-c2ccccc2Cl)nc2ccc(Br)cc12. The lowest BCUT2D eigenvalue weighted by Crippen LogP contribution is -2.23. The van der Waals surface area contributed by atoms with Gasteiger partial charge in [-0.3, -0.25) is 4.79 Å². The third-order valence-corrected chi connectivity index (χ3v) is 5.61. The normalized spacial score (nSPS) is 10.9. The number of amides is 1. The summed E-state index contributed by atoms with van der Waals surface area (Å²) in [4.78, 5) is 17.8. The number of rotatable bonds is 4. The first-order chi connectivity index (χ1) is 14.0. The number of fused-ring (bicyclic) bond motifs is 1. The Balaban J connectivity index is 1.74. The summed E-state index contributed by atoms with van der Waals surface area (Å²) in [6.07, 6.45) is 0. The van der Waals surface area contributed by atoms with Crippen LogP contribution in [0.4, 0.5) is 0 Å². The molecule has 0 atom stereocenters. The number of halogens is 3. The summed E-state index contributed by atoms with van der Waals surface area (Å²) < 4.78 is 0.879. The molecule has 4 rings (SSSR count). The maximum Gasteiger partial charge on any atom is 0.252 e. The highest BCUT2D eigenvalue weighted by molar-refractivity contribution is 9.10. The Labute approximate surface area is 186 Å². The fraction of sp³-hybridized carbons (Fsp3) is 0.0435. The van der Waals surface area contributed by atoms with Crippen molar-refractivity contribution in [3.8, 4) is 11.3 Å². The van der Waals surface area contributed by atoms with Crippen molar-refractivity contribution in [1.82, 2.24) is 10.3 Å². The number of pyridine rings is 1. The molecular formula is C23H15BrCl2N2O. The van der Waals surface area contributed by atoms with Crippen molar-refractivity contribution in [2.75, 3.05) is 0 Å². The van der Waals surface area contributed by atoms with Crippen molar-refractivity contribution in [3.63, 3.8) is 0 Å². The van der Waals surface area contributed by atoms with Gasteiger partial charge < -0.3 is 5.32 Å². The number of aromatic nitrogens is 1. The fourth-order valence-corrected chi connectivity index (χ4v) is 3.79. The molecule has 3 nitrogen and oxygen atoms in total. The smallest absolute Gasteiger partial charge is 0.252 e. The second kappa shape index (κ2) is 8.54. The lowest BCUT2D eigenvalue weighted by atomic mass is 10.0. The van der Waals surface area contributed by atoms with Gasteiger partial charge in [-0.15, -0.1) is 0 Å². The molecule has 0 aliphatic rings. The van der Waals surface area contributed by atoms with Crippen molar-refractivity contribution in [3.05, 3.63) is 98.4 Å². The Kier molecular flexibility index (Phi) is 5.86. The Morgan fingerprint density at radius 1 is 0.966 bits per heavy atom. The van der Waals surface area contributed by atoms with E-state index in [0.717, 1.165) is 26.5 Å². The largest absolute Gasteiger partial charge is 0.348 e. The molecule has 3 aromatic carbocycles.